The highest BCUT2D eigenvalue weighted by atomic mass is 19.4. The van der Waals surface area contributed by atoms with Crippen molar-refractivity contribution in [1.82, 2.24) is 14.7 Å². The van der Waals surface area contributed by atoms with Crippen LogP contribution in [0.5, 0.6) is 0 Å². The molecule has 144 valence electrons. The van der Waals surface area contributed by atoms with Crippen LogP contribution in [-0.2, 0) is 24.6 Å². The van der Waals surface area contributed by atoms with Gasteiger partial charge < -0.3 is 4.90 Å². The van der Waals surface area contributed by atoms with Gasteiger partial charge in [0.05, 0.1) is 16.8 Å². The van der Waals surface area contributed by atoms with E-state index in [0.717, 1.165) is 25.0 Å². The molecule has 0 saturated heterocycles. The standard InChI is InChI=1S/C19H20F3N3O2/c1-11-16(12(2)24(3)23-11)17(26)18(27)25(15-8-9-15)10-13-4-6-14(7-5-13)19(20,21)22/h4-7,15H,8-10H2,1-3H3. The first-order valence-corrected chi connectivity index (χ1v) is 8.61. The van der Waals surface area contributed by atoms with E-state index >= 15 is 0 Å². The van der Waals surface area contributed by atoms with Crippen molar-refractivity contribution in [3.05, 3.63) is 52.3 Å². The summed E-state index contributed by atoms with van der Waals surface area (Å²) in [5, 5.41) is 4.17. The van der Waals surface area contributed by atoms with Crippen LogP contribution < -0.4 is 0 Å². The van der Waals surface area contributed by atoms with Gasteiger partial charge in [-0.15, -0.1) is 0 Å². The summed E-state index contributed by atoms with van der Waals surface area (Å²) in [4.78, 5) is 27.0. The van der Waals surface area contributed by atoms with Crippen LogP contribution in [0.4, 0.5) is 13.2 Å². The number of aryl methyl sites for hydroxylation is 2. The van der Waals surface area contributed by atoms with Crippen LogP contribution in [0.25, 0.3) is 0 Å². The molecule has 1 heterocycles. The van der Waals surface area contributed by atoms with Crippen molar-refractivity contribution in [2.45, 2.75) is 45.5 Å². The van der Waals surface area contributed by atoms with Gasteiger partial charge in [0, 0.05) is 25.3 Å². The number of benzene rings is 1. The van der Waals surface area contributed by atoms with Crippen molar-refractivity contribution < 1.29 is 22.8 Å². The highest BCUT2D eigenvalue weighted by Crippen LogP contribution is 2.31. The lowest BCUT2D eigenvalue weighted by Gasteiger charge is -2.22. The van der Waals surface area contributed by atoms with E-state index in [0.29, 0.717) is 22.5 Å². The van der Waals surface area contributed by atoms with Crippen LogP contribution in [0, 0.1) is 13.8 Å². The van der Waals surface area contributed by atoms with Crippen LogP contribution >= 0.6 is 0 Å². The summed E-state index contributed by atoms with van der Waals surface area (Å²) in [6, 6.07) is 4.61. The minimum atomic E-state index is -4.41. The number of carbonyl (C=O) groups excluding carboxylic acids is 2. The van der Waals surface area contributed by atoms with Crippen LogP contribution in [-0.4, -0.2) is 32.4 Å². The molecule has 0 unspecified atom stereocenters. The summed E-state index contributed by atoms with van der Waals surface area (Å²) >= 11 is 0. The van der Waals surface area contributed by atoms with E-state index < -0.39 is 23.4 Å². The molecule has 1 aliphatic rings. The average Bonchev–Trinajstić information content (AvgIpc) is 3.39. The summed E-state index contributed by atoms with van der Waals surface area (Å²) in [5.41, 5.74) is 1.19. The average molecular weight is 379 g/mol. The van der Waals surface area contributed by atoms with Gasteiger partial charge in [-0.3, -0.25) is 14.3 Å². The second kappa shape index (κ2) is 6.83. The molecule has 1 aliphatic carbocycles. The first-order chi connectivity index (χ1) is 12.6. The zero-order chi connectivity index (χ0) is 19.9. The van der Waals surface area contributed by atoms with E-state index in [9.17, 15) is 22.8 Å². The Labute approximate surface area is 154 Å². The van der Waals surface area contributed by atoms with Crippen molar-refractivity contribution in [2.24, 2.45) is 7.05 Å². The Morgan fingerprint density at radius 3 is 2.22 bits per heavy atom. The SMILES string of the molecule is Cc1nn(C)c(C)c1C(=O)C(=O)N(Cc1ccc(C(F)(F)F)cc1)C1CC1. The molecule has 0 aliphatic heterocycles. The molecule has 27 heavy (non-hydrogen) atoms. The van der Waals surface area contributed by atoms with Gasteiger partial charge in [-0.05, 0) is 44.4 Å². The summed E-state index contributed by atoms with van der Waals surface area (Å²) in [6.07, 6.45) is -2.84. The number of hydrogen-bond donors (Lipinski definition) is 0. The fourth-order valence-corrected chi connectivity index (χ4v) is 3.09. The summed E-state index contributed by atoms with van der Waals surface area (Å²) < 4.78 is 39.7. The number of hydrogen-bond acceptors (Lipinski definition) is 3. The molecule has 0 spiro atoms. The minimum absolute atomic E-state index is 0.0546. The zero-order valence-electron chi connectivity index (χ0n) is 15.3. The molecule has 3 rings (SSSR count). The number of carbonyl (C=O) groups is 2. The predicted octanol–water partition coefficient (Wildman–Crippen LogP) is 3.43. The fourth-order valence-electron chi connectivity index (χ4n) is 3.09. The summed E-state index contributed by atoms with van der Waals surface area (Å²) in [5.74, 6) is -1.27. The smallest absolute Gasteiger partial charge is 0.328 e. The minimum Gasteiger partial charge on any atom is -0.328 e. The molecule has 1 aromatic heterocycles. The quantitative estimate of drug-likeness (QED) is 0.591. The number of nitrogens with zero attached hydrogens (tertiary/aromatic N) is 3. The molecule has 0 atom stereocenters. The summed E-state index contributed by atoms with van der Waals surface area (Å²) in [7, 11) is 1.70. The fraction of sp³-hybridized carbons (Fsp3) is 0.421. The normalized spacial score (nSPS) is 14.3. The number of alkyl halides is 3. The van der Waals surface area contributed by atoms with Gasteiger partial charge in [-0.1, -0.05) is 12.1 Å². The second-order valence-electron chi connectivity index (χ2n) is 6.86. The van der Waals surface area contributed by atoms with Gasteiger partial charge in [0.15, 0.2) is 0 Å². The molecule has 1 amide bonds. The van der Waals surface area contributed by atoms with Gasteiger partial charge >= 0.3 is 6.18 Å². The predicted molar refractivity (Wildman–Crippen MR) is 92.0 cm³/mol. The van der Waals surface area contributed by atoms with Gasteiger partial charge in [-0.2, -0.15) is 18.3 Å². The Morgan fingerprint density at radius 1 is 1.19 bits per heavy atom. The molecule has 1 fully saturated rings. The first kappa shape index (κ1) is 19.1. The lowest BCUT2D eigenvalue weighted by molar-refractivity contribution is -0.137. The maximum atomic E-state index is 12.8. The molecule has 0 N–H and O–H groups in total. The Balaban J connectivity index is 1.81. The topological polar surface area (TPSA) is 55.2 Å². The van der Waals surface area contributed by atoms with Crippen molar-refractivity contribution in [2.75, 3.05) is 0 Å². The molecular formula is C19H20F3N3O2. The molecule has 0 bridgehead atoms. The van der Waals surface area contributed by atoms with Gasteiger partial charge in [0.2, 0.25) is 0 Å². The van der Waals surface area contributed by atoms with Crippen molar-refractivity contribution in [1.29, 1.82) is 0 Å². The van der Waals surface area contributed by atoms with E-state index in [1.54, 1.807) is 25.6 Å². The third-order valence-electron chi connectivity index (χ3n) is 4.81. The maximum Gasteiger partial charge on any atom is 0.416 e. The van der Waals surface area contributed by atoms with Crippen LogP contribution in [0.3, 0.4) is 0 Å². The van der Waals surface area contributed by atoms with E-state index in [1.807, 2.05) is 0 Å². The van der Waals surface area contributed by atoms with Crippen molar-refractivity contribution >= 4 is 11.7 Å². The number of halogens is 3. The van der Waals surface area contributed by atoms with Crippen LogP contribution in [0.15, 0.2) is 24.3 Å². The van der Waals surface area contributed by atoms with E-state index in [2.05, 4.69) is 5.10 Å². The van der Waals surface area contributed by atoms with Crippen molar-refractivity contribution in [3.63, 3.8) is 0 Å². The zero-order valence-corrected chi connectivity index (χ0v) is 15.3. The Kier molecular flexibility index (Phi) is 4.84. The van der Waals surface area contributed by atoms with E-state index in [1.165, 1.54) is 17.0 Å². The van der Waals surface area contributed by atoms with Crippen LogP contribution in [0.1, 0.15) is 45.7 Å². The lowest BCUT2D eigenvalue weighted by Crippen LogP contribution is -2.38. The third kappa shape index (κ3) is 3.89. The summed E-state index contributed by atoms with van der Waals surface area (Å²) in [6.45, 7) is 3.49. The Bertz CT molecular complexity index is 881. The number of ketones is 1. The van der Waals surface area contributed by atoms with Gasteiger partial charge in [0.25, 0.3) is 11.7 Å². The third-order valence-corrected chi connectivity index (χ3v) is 4.81. The molecule has 1 aromatic carbocycles. The highest BCUT2D eigenvalue weighted by molar-refractivity contribution is 6.43. The molecule has 1 saturated carbocycles. The van der Waals surface area contributed by atoms with Crippen molar-refractivity contribution in [3.8, 4) is 0 Å². The Morgan fingerprint density at radius 2 is 1.78 bits per heavy atom. The number of Topliss-reactive ketones (excluding diaryl/α,β-unsaturated/α-hetero) is 1. The Hall–Kier alpha value is -2.64. The van der Waals surface area contributed by atoms with E-state index in [4.69, 9.17) is 0 Å². The maximum absolute atomic E-state index is 12.8. The van der Waals surface area contributed by atoms with Gasteiger partial charge in [-0.25, -0.2) is 0 Å². The monoisotopic (exact) mass is 379 g/mol. The number of rotatable bonds is 5. The molecule has 8 heteroatoms. The number of aromatic nitrogens is 2. The first-order valence-electron chi connectivity index (χ1n) is 8.61. The van der Waals surface area contributed by atoms with Crippen LogP contribution in [0.2, 0.25) is 0 Å². The molecule has 5 nitrogen and oxygen atoms in total. The molecule has 2 aromatic rings. The highest BCUT2D eigenvalue weighted by Gasteiger charge is 2.37. The lowest BCUT2D eigenvalue weighted by atomic mass is 10.1. The largest absolute Gasteiger partial charge is 0.416 e. The van der Waals surface area contributed by atoms with E-state index in [-0.39, 0.29) is 12.6 Å². The van der Waals surface area contributed by atoms with Gasteiger partial charge in [0.1, 0.15) is 0 Å². The molecular weight excluding hydrogens is 359 g/mol. The molecule has 0 radical (unpaired) electrons. The number of amides is 1. The second-order valence-corrected chi connectivity index (χ2v) is 6.86.